The smallest absolute Gasteiger partial charge is 0.328 e. The van der Waals surface area contributed by atoms with E-state index in [9.17, 15) is 14.4 Å². The Morgan fingerprint density at radius 3 is 2.41 bits per heavy atom. The van der Waals surface area contributed by atoms with Crippen molar-refractivity contribution in [2.24, 2.45) is 5.41 Å². The number of benzene rings is 1. The number of carbonyl (C=O) groups is 3. The van der Waals surface area contributed by atoms with Crippen LogP contribution in [0.25, 0.3) is 0 Å². The highest BCUT2D eigenvalue weighted by Gasteiger charge is 2.53. The second-order valence-electron chi connectivity index (χ2n) is 7.70. The number of methoxy groups -OCH3 is 1. The predicted molar refractivity (Wildman–Crippen MR) is 106 cm³/mol. The maximum absolute atomic E-state index is 12.8. The summed E-state index contributed by atoms with van der Waals surface area (Å²) in [7, 11) is 1.63. The molecule has 2 aliphatic rings. The number of ether oxygens (including phenoxy) is 2. The van der Waals surface area contributed by atoms with Crippen molar-refractivity contribution in [2.75, 3.05) is 33.4 Å². The second-order valence-corrected chi connectivity index (χ2v) is 7.70. The van der Waals surface area contributed by atoms with Crippen molar-refractivity contribution in [3.8, 4) is 5.75 Å². The molecule has 8 nitrogen and oxygen atoms in total. The summed E-state index contributed by atoms with van der Waals surface area (Å²) in [6, 6.07) is 6.74. The van der Waals surface area contributed by atoms with E-state index in [1.54, 1.807) is 25.9 Å². The van der Waals surface area contributed by atoms with Gasteiger partial charge in [0.25, 0.3) is 0 Å². The van der Waals surface area contributed by atoms with Gasteiger partial charge in [0.05, 0.1) is 19.1 Å². The molecule has 2 heterocycles. The first-order valence-electron chi connectivity index (χ1n) is 10.0. The summed E-state index contributed by atoms with van der Waals surface area (Å²) in [5.74, 6) is 0.508. The van der Waals surface area contributed by atoms with Crippen LogP contribution in [0.15, 0.2) is 24.3 Å². The standard InChI is InChI=1S/C21H29N3O5/c1-4-29-18(25)15(2)22-20(27)23-11-9-21(10-12-23)14-24(19(21)26)13-16-5-7-17(28-3)8-6-16/h5-8,15H,4,9-14H2,1-3H3,(H,22,27). The third kappa shape index (κ3) is 4.46. The van der Waals surface area contributed by atoms with E-state index in [-0.39, 0.29) is 24.0 Å². The van der Waals surface area contributed by atoms with Crippen LogP contribution in [0.5, 0.6) is 5.75 Å². The molecule has 3 amide bonds. The summed E-state index contributed by atoms with van der Waals surface area (Å²) in [5.41, 5.74) is 0.717. The highest BCUT2D eigenvalue weighted by molar-refractivity contribution is 5.89. The van der Waals surface area contributed by atoms with Gasteiger partial charge in [-0.1, -0.05) is 12.1 Å². The van der Waals surface area contributed by atoms with E-state index in [4.69, 9.17) is 9.47 Å². The number of likely N-dealkylation sites (tertiary alicyclic amines) is 2. The third-order valence-electron chi connectivity index (χ3n) is 5.75. The van der Waals surface area contributed by atoms with E-state index in [2.05, 4.69) is 5.32 Å². The molecule has 2 saturated heterocycles. The first kappa shape index (κ1) is 21.0. The van der Waals surface area contributed by atoms with Gasteiger partial charge in [0.2, 0.25) is 5.91 Å². The number of carbonyl (C=O) groups excluding carboxylic acids is 3. The maximum Gasteiger partial charge on any atom is 0.328 e. The zero-order chi connectivity index (χ0) is 21.0. The highest BCUT2D eigenvalue weighted by atomic mass is 16.5. The van der Waals surface area contributed by atoms with Crippen molar-refractivity contribution >= 4 is 17.9 Å². The molecule has 1 spiro atoms. The maximum atomic E-state index is 12.8. The summed E-state index contributed by atoms with van der Waals surface area (Å²) in [6.45, 7) is 5.92. The van der Waals surface area contributed by atoms with Crippen LogP contribution in [0.1, 0.15) is 32.3 Å². The van der Waals surface area contributed by atoms with Crippen LogP contribution >= 0.6 is 0 Å². The molecule has 1 aromatic carbocycles. The van der Waals surface area contributed by atoms with E-state index in [1.165, 1.54) is 0 Å². The molecular weight excluding hydrogens is 374 g/mol. The van der Waals surface area contributed by atoms with Gasteiger partial charge in [0, 0.05) is 26.2 Å². The minimum absolute atomic E-state index is 0.160. The summed E-state index contributed by atoms with van der Waals surface area (Å²) < 4.78 is 10.1. The fourth-order valence-corrected chi connectivity index (χ4v) is 3.94. The third-order valence-corrected chi connectivity index (χ3v) is 5.75. The molecule has 0 saturated carbocycles. The van der Waals surface area contributed by atoms with E-state index < -0.39 is 12.0 Å². The van der Waals surface area contributed by atoms with E-state index in [1.807, 2.05) is 29.2 Å². The minimum Gasteiger partial charge on any atom is -0.497 e. The van der Waals surface area contributed by atoms with Crippen LogP contribution in [-0.4, -0.2) is 67.1 Å². The second kappa shape index (κ2) is 8.71. The number of hydrogen-bond donors (Lipinski definition) is 1. The number of nitrogens with zero attached hydrogens (tertiary/aromatic N) is 2. The van der Waals surface area contributed by atoms with Crippen LogP contribution in [-0.2, 0) is 20.9 Å². The summed E-state index contributed by atoms with van der Waals surface area (Å²) in [6.07, 6.45) is 1.29. The molecule has 3 rings (SSSR count). The molecule has 158 valence electrons. The molecule has 0 bridgehead atoms. The average molecular weight is 403 g/mol. The minimum atomic E-state index is -0.691. The van der Waals surface area contributed by atoms with Gasteiger partial charge >= 0.3 is 12.0 Å². The van der Waals surface area contributed by atoms with Gasteiger partial charge in [-0.3, -0.25) is 4.79 Å². The van der Waals surface area contributed by atoms with Crippen LogP contribution < -0.4 is 10.1 Å². The number of nitrogens with one attached hydrogen (secondary N) is 1. The zero-order valence-corrected chi connectivity index (χ0v) is 17.3. The molecule has 0 radical (unpaired) electrons. The molecule has 1 aromatic rings. The first-order valence-corrected chi connectivity index (χ1v) is 10.0. The van der Waals surface area contributed by atoms with Crippen molar-refractivity contribution < 1.29 is 23.9 Å². The van der Waals surface area contributed by atoms with E-state index in [0.29, 0.717) is 39.0 Å². The number of hydrogen-bond acceptors (Lipinski definition) is 5. The lowest BCUT2D eigenvalue weighted by Gasteiger charge is -2.52. The Hall–Kier alpha value is -2.77. The number of piperidine rings is 1. The van der Waals surface area contributed by atoms with Crippen molar-refractivity contribution in [1.29, 1.82) is 0 Å². The molecule has 29 heavy (non-hydrogen) atoms. The number of β-lactam (4-membered cyclic amide) rings is 1. The van der Waals surface area contributed by atoms with Crippen molar-refractivity contribution in [1.82, 2.24) is 15.1 Å². The Bertz CT molecular complexity index is 756. The zero-order valence-electron chi connectivity index (χ0n) is 17.3. The van der Waals surface area contributed by atoms with Crippen LogP contribution in [0, 0.1) is 5.41 Å². The van der Waals surface area contributed by atoms with Gasteiger partial charge in [-0.2, -0.15) is 0 Å². The fraction of sp³-hybridized carbons (Fsp3) is 0.571. The lowest BCUT2D eigenvalue weighted by Crippen LogP contribution is -2.65. The summed E-state index contributed by atoms with van der Waals surface area (Å²) in [4.78, 5) is 40.4. The first-order chi connectivity index (χ1) is 13.9. The molecule has 8 heteroatoms. The van der Waals surface area contributed by atoms with Crippen LogP contribution in [0.3, 0.4) is 0 Å². The van der Waals surface area contributed by atoms with Gasteiger partial charge in [0.15, 0.2) is 0 Å². The van der Waals surface area contributed by atoms with Gasteiger partial charge < -0.3 is 24.6 Å². The van der Waals surface area contributed by atoms with Crippen molar-refractivity contribution in [2.45, 2.75) is 39.3 Å². The lowest BCUT2D eigenvalue weighted by molar-refractivity contribution is -0.165. The lowest BCUT2D eigenvalue weighted by atomic mass is 9.71. The van der Waals surface area contributed by atoms with Crippen LogP contribution in [0.2, 0.25) is 0 Å². The molecule has 1 atom stereocenters. The SMILES string of the molecule is CCOC(=O)C(C)NC(=O)N1CCC2(CC1)CN(Cc1ccc(OC)cc1)C2=O. The molecule has 0 aromatic heterocycles. The quantitative estimate of drug-likeness (QED) is 0.578. The number of esters is 1. The van der Waals surface area contributed by atoms with Gasteiger partial charge in [-0.05, 0) is 44.4 Å². The average Bonchev–Trinajstić information content (AvgIpc) is 2.74. The molecular formula is C21H29N3O5. The Labute approximate surface area is 171 Å². The van der Waals surface area contributed by atoms with E-state index in [0.717, 1.165) is 11.3 Å². The number of urea groups is 1. The largest absolute Gasteiger partial charge is 0.497 e. The monoisotopic (exact) mass is 403 g/mol. The van der Waals surface area contributed by atoms with E-state index >= 15 is 0 Å². The summed E-state index contributed by atoms with van der Waals surface area (Å²) in [5, 5.41) is 2.67. The van der Waals surface area contributed by atoms with Crippen molar-refractivity contribution in [3.05, 3.63) is 29.8 Å². The highest BCUT2D eigenvalue weighted by Crippen LogP contribution is 2.42. The van der Waals surface area contributed by atoms with Crippen LogP contribution in [0.4, 0.5) is 4.79 Å². The molecule has 1 N–H and O–H groups in total. The molecule has 1 unspecified atom stereocenters. The van der Waals surface area contributed by atoms with Gasteiger partial charge in [-0.15, -0.1) is 0 Å². The van der Waals surface area contributed by atoms with Crippen molar-refractivity contribution in [3.63, 3.8) is 0 Å². The predicted octanol–water partition coefficient (Wildman–Crippen LogP) is 1.78. The number of amides is 3. The number of rotatable bonds is 6. The Kier molecular flexibility index (Phi) is 6.30. The molecule has 2 aliphatic heterocycles. The van der Waals surface area contributed by atoms with Gasteiger partial charge in [0.1, 0.15) is 11.8 Å². The topological polar surface area (TPSA) is 88.2 Å². The Morgan fingerprint density at radius 2 is 1.86 bits per heavy atom. The normalized spacial score (nSPS) is 18.8. The molecule has 2 fully saturated rings. The van der Waals surface area contributed by atoms with Gasteiger partial charge in [-0.25, -0.2) is 9.59 Å². The summed E-state index contributed by atoms with van der Waals surface area (Å²) >= 11 is 0. The Balaban J connectivity index is 1.47. The fourth-order valence-electron chi connectivity index (χ4n) is 3.94. The Morgan fingerprint density at radius 1 is 1.21 bits per heavy atom. The molecule has 0 aliphatic carbocycles.